The third-order valence-corrected chi connectivity index (χ3v) is 4.84. The molecular weight excluding hydrogens is 354 g/mol. The molecule has 0 aliphatic carbocycles. The van der Waals surface area contributed by atoms with E-state index in [0.29, 0.717) is 13.0 Å². The normalized spacial score (nSPS) is 49.2. The molecule has 10 atom stereocenters. The first-order chi connectivity index (χ1) is 12.5. The van der Waals surface area contributed by atoms with Crippen LogP contribution < -0.4 is 5.73 Å². The fourth-order valence-electron chi connectivity index (χ4n) is 3.32. The molecule has 2 bridgehead atoms. The lowest BCUT2D eigenvalue weighted by Crippen LogP contribution is -2.67. The van der Waals surface area contributed by atoms with E-state index in [-0.39, 0.29) is 13.2 Å². The van der Waals surface area contributed by atoms with Crippen LogP contribution in [0.1, 0.15) is 6.42 Å². The van der Waals surface area contributed by atoms with Crippen molar-refractivity contribution in [1.82, 2.24) is 0 Å². The second-order valence-electron chi connectivity index (χ2n) is 6.64. The van der Waals surface area contributed by atoms with E-state index < -0.39 is 68.0 Å². The maximum Gasteiger partial charge on any atom is 0.187 e. The highest BCUT2D eigenvalue weighted by molar-refractivity contribution is 4.96. The third-order valence-electron chi connectivity index (χ3n) is 4.84. The van der Waals surface area contributed by atoms with Gasteiger partial charge in [-0.3, -0.25) is 0 Å². The van der Waals surface area contributed by atoms with Crippen molar-refractivity contribution < 1.29 is 49.2 Å². The van der Waals surface area contributed by atoms with Crippen LogP contribution in [0.5, 0.6) is 0 Å². The minimum atomic E-state index is -1.50. The highest BCUT2D eigenvalue weighted by Crippen LogP contribution is 2.33. The predicted molar refractivity (Wildman–Crippen MR) is 82.7 cm³/mol. The maximum atomic E-state index is 10.4. The predicted octanol–water partition coefficient (Wildman–Crippen LogP) is -3.98. The number of fused-ring (bicyclic) bond motifs is 3. The highest BCUT2D eigenvalue weighted by atomic mass is 16.8. The fraction of sp³-hybridized carbons (Fsp3) is 1.00. The van der Waals surface area contributed by atoms with Crippen molar-refractivity contribution in [2.24, 2.45) is 5.73 Å². The Labute approximate surface area is 150 Å². The summed E-state index contributed by atoms with van der Waals surface area (Å²) in [5, 5.41) is 50.0. The first-order valence-corrected chi connectivity index (χ1v) is 8.70. The number of rotatable bonds is 5. The van der Waals surface area contributed by atoms with Crippen LogP contribution in [0.3, 0.4) is 0 Å². The van der Waals surface area contributed by atoms with Crippen LogP contribution >= 0.6 is 0 Å². The lowest BCUT2D eigenvalue weighted by Gasteiger charge is -2.49. The quantitative estimate of drug-likeness (QED) is 0.256. The van der Waals surface area contributed by atoms with Gasteiger partial charge in [-0.1, -0.05) is 0 Å². The first-order valence-electron chi connectivity index (χ1n) is 8.70. The second kappa shape index (κ2) is 8.71. The molecule has 3 fully saturated rings. The highest BCUT2D eigenvalue weighted by Gasteiger charge is 2.53. The third kappa shape index (κ3) is 3.88. The molecule has 11 nitrogen and oxygen atoms in total. The summed E-state index contributed by atoms with van der Waals surface area (Å²) in [7, 11) is 0. The molecule has 3 rings (SSSR count). The SMILES string of the molecule is NCCCO[C@@H]1OC(CO)[C@H](O)C2OCC3O[C@@H](OC21)C(O)C(O)C3O. The molecule has 3 aliphatic heterocycles. The molecule has 0 aromatic heterocycles. The van der Waals surface area contributed by atoms with Gasteiger partial charge in [-0.25, -0.2) is 0 Å². The second-order valence-corrected chi connectivity index (χ2v) is 6.64. The van der Waals surface area contributed by atoms with Crippen molar-refractivity contribution >= 4 is 0 Å². The lowest BCUT2D eigenvalue weighted by molar-refractivity contribution is -0.390. The Balaban J connectivity index is 1.80. The van der Waals surface area contributed by atoms with E-state index in [1.807, 2.05) is 0 Å². The molecule has 7 unspecified atom stereocenters. The van der Waals surface area contributed by atoms with Crippen molar-refractivity contribution in [3.05, 3.63) is 0 Å². The Morgan fingerprint density at radius 3 is 2.38 bits per heavy atom. The van der Waals surface area contributed by atoms with E-state index in [1.165, 1.54) is 0 Å². The first kappa shape index (κ1) is 20.3. The number of hydrogen-bond acceptors (Lipinski definition) is 11. The zero-order valence-electron chi connectivity index (χ0n) is 14.2. The average molecular weight is 381 g/mol. The molecule has 152 valence electrons. The number of aliphatic hydroxyl groups excluding tert-OH is 5. The zero-order valence-corrected chi connectivity index (χ0v) is 14.2. The number of ether oxygens (including phenoxy) is 5. The fourth-order valence-corrected chi connectivity index (χ4v) is 3.32. The smallest absolute Gasteiger partial charge is 0.187 e. The van der Waals surface area contributed by atoms with Gasteiger partial charge in [-0.15, -0.1) is 0 Å². The van der Waals surface area contributed by atoms with Crippen molar-refractivity contribution in [3.63, 3.8) is 0 Å². The van der Waals surface area contributed by atoms with Gasteiger partial charge in [0.2, 0.25) is 0 Å². The molecule has 3 aliphatic rings. The number of aliphatic hydroxyl groups is 5. The molecule has 11 heteroatoms. The van der Waals surface area contributed by atoms with Crippen LogP contribution in [-0.2, 0) is 23.7 Å². The standard InChI is InChI=1S/C15H27NO10/c16-2-1-3-22-15-13-12(9(19)6(4-17)24-15)23-5-7-8(18)10(20)11(21)14(25-7)26-13/h6-15,17-21H,1-5,16H2/t6?,7?,8?,9-,10?,11?,12?,13?,14-,15+/m0/s1. The monoisotopic (exact) mass is 381 g/mol. The van der Waals surface area contributed by atoms with Crippen molar-refractivity contribution in [2.75, 3.05) is 26.4 Å². The van der Waals surface area contributed by atoms with Gasteiger partial charge in [0.05, 0.1) is 19.8 Å². The van der Waals surface area contributed by atoms with Crippen LogP contribution in [0.15, 0.2) is 0 Å². The van der Waals surface area contributed by atoms with Crippen LogP contribution in [-0.4, -0.2) is 113 Å². The van der Waals surface area contributed by atoms with Gasteiger partial charge in [0, 0.05) is 0 Å². The van der Waals surface area contributed by atoms with E-state index >= 15 is 0 Å². The van der Waals surface area contributed by atoms with Crippen molar-refractivity contribution in [3.8, 4) is 0 Å². The van der Waals surface area contributed by atoms with E-state index in [9.17, 15) is 25.5 Å². The molecule has 0 amide bonds. The van der Waals surface area contributed by atoms with E-state index in [2.05, 4.69) is 0 Å². The molecule has 0 aromatic rings. The molecule has 26 heavy (non-hydrogen) atoms. The van der Waals surface area contributed by atoms with Crippen molar-refractivity contribution in [2.45, 2.75) is 67.8 Å². The average Bonchev–Trinajstić information content (AvgIpc) is 2.61. The lowest BCUT2D eigenvalue weighted by atomic mass is 9.95. The van der Waals surface area contributed by atoms with E-state index in [0.717, 1.165) is 0 Å². The number of nitrogens with two attached hydrogens (primary N) is 1. The largest absolute Gasteiger partial charge is 0.394 e. The Kier molecular flexibility index (Phi) is 6.80. The van der Waals surface area contributed by atoms with Gasteiger partial charge in [0.1, 0.15) is 48.8 Å². The number of hydrogen-bond donors (Lipinski definition) is 6. The molecule has 3 saturated heterocycles. The minimum Gasteiger partial charge on any atom is -0.394 e. The Bertz CT molecular complexity index is 456. The molecule has 3 heterocycles. The van der Waals surface area contributed by atoms with Gasteiger partial charge >= 0.3 is 0 Å². The van der Waals surface area contributed by atoms with Gasteiger partial charge < -0.3 is 55.0 Å². The molecule has 0 radical (unpaired) electrons. The molecule has 0 spiro atoms. The summed E-state index contributed by atoms with van der Waals surface area (Å²) in [5.74, 6) is 0. The Hall–Kier alpha value is -0.440. The summed E-state index contributed by atoms with van der Waals surface area (Å²) in [6, 6.07) is 0. The maximum absolute atomic E-state index is 10.4. The van der Waals surface area contributed by atoms with E-state index in [1.54, 1.807) is 0 Å². The topological polar surface area (TPSA) is 173 Å². The van der Waals surface area contributed by atoms with Gasteiger partial charge in [-0.2, -0.15) is 0 Å². The Morgan fingerprint density at radius 2 is 1.69 bits per heavy atom. The van der Waals surface area contributed by atoms with Crippen LogP contribution in [0.2, 0.25) is 0 Å². The van der Waals surface area contributed by atoms with Crippen LogP contribution in [0.4, 0.5) is 0 Å². The van der Waals surface area contributed by atoms with Gasteiger partial charge in [0.25, 0.3) is 0 Å². The minimum absolute atomic E-state index is 0.156. The van der Waals surface area contributed by atoms with Gasteiger partial charge in [0.15, 0.2) is 12.6 Å². The van der Waals surface area contributed by atoms with Crippen molar-refractivity contribution in [1.29, 1.82) is 0 Å². The zero-order chi connectivity index (χ0) is 18.8. The summed E-state index contributed by atoms with van der Waals surface area (Å²) in [4.78, 5) is 0. The molecule has 0 aromatic carbocycles. The molecule has 7 N–H and O–H groups in total. The summed E-state index contributed by atoms with van der Waals surface area (Å²) < 4.78 is 28.0. The summed E-state index contributed by atoms with van der Waals surface area (Å²) in [6.45, 7) is 0.0367. The summed E-state index contributed by atoms with van der Waals surface area (Å²) in [5.41, 5.74) is 5.45. The van der Waals surface area contributed by atoms with Crippen LogP contribution in [0.25, 0.3) is 0 Å². The summed E-state index contributed by atoms with van der Waals surface area (Å²) in [6.07, 6.45) is -11.1. The molecular formula is C15H27NO10. The molecule has 0 saturated carbocycles. The van der Waals surface area contributed by atoms with Crippen LogP contribution in [0, 0.1) is 0 Å². The summed E-state index contributed by atoms with van der Waals surface area (Å²) >= 11 is 0. The van der Waals surface area contributed by atoms with E-state index in [4.69, 9.17) is 29.4 Å². The Morgan fingerprint density at radius 1 is 0.923 bits per heavy atom. The van der Waals surface area contributed by atoms with Gasteiger partial charge in [-0.05, 0) is 13.0 Å².